The maximum atomic E-state index is 12.1. The summed E-state index contributed by atoms with van der Waals surface area (Å²) in [5.74, 6) is 1.04. The normalized spacial score (nSPS) is 17.7. The lowest BCUT2D eigenvalue weighted by Gasteiger charge is -2.20. The van der Waals surface area contributed by atoms with Gasteiger partial charge in [-0.2, -0.15) is 0 Å². The maximum Gasteiger partial charge on any atom is 0.225 e. The maximum absolute atomic E-state index is 12.1. The fourth-order valence-electron chi connectivity index (χ4n) is 3.09. The summed E-state index contributed by atoms with van der Waals surface area (Å²) in [6.45, 7) is 9.45. The number of carbonyl (C=O) groups excluding carboxylic acids is 1. The number of carbonyl (C=O) groups is 1. The van der Waals surface area contributed by atoms with Gasteiger partial charge >= 0.3 is 0 Å². The van der Waals surface area contributed by atoms with E-state index in [-0.39, 0.29) is 17.9 Å². The number of aliphatic imine (C=N–C) groups is 1. The second-order valence-electron chi connectivity index (χ2n) is 6.90. The van der Waals surface area contributed by atoms with Gasteiger partial charge in [-0.3, -0.25) is 9.79 Å². The molecule has 6 heteroatoms. The summed E-state index contributed by atoms with van der Waals surface area (Å²) in [5, 5.41) is 6.81. The van der Waals surface area contributed by atoms with Crippen molar-refractivity contribution in [1.82, 2.24) is 15.5 Å². The number of ether oxygens (including phenoxy) is 1. The molecule has 1 amide bonds. The van der Waals surface area contributed by atoms with E-state index in [0.29, 0.717) is 19.8 Å². The molecular weight excluding hydrogens is 328 g/mol. The van der Waals surface area contributed by atoms with Gasteiger partial charge in [-0.25, -0.2) is 0 Å². The Kier molecular flexibility index (Phi) is 7.91. The van der Waals surface area contributed by atoms with Crippen LogP contribution in [0.1, 0.15) is 38.3 Å². The predicted molar refractivity (Wildman–Crippen MR) is 105 cm³/mol. The number of nitrogens with zero attached hydrogens (tertiary/aromatic N) is 2. The summed E-state index contributed by atoms with van der Waals surface area (Å²) < 4.78 is 5.54. The minimum absolute atomic E-state index is 0.0491. The van der Waals surface area contributed by atoms with E-state index < -0.39 is 0 Å². The van der Waals surface area contributed by atoms with Gasteiger partial charge < -0.3 is 20.3 Å². The number of hydrogen-bond donors (Lipinski definition) is 2. The molecule has 1 heterocycles. The van der Waals surface area contributed by atoms with E-state index in [4.69, 9.17) is 4.74 Å². The molecule has 1 aromatic carbocycles. The zero-order valence-electron chi connectivity index (χ0n) is 16.4. The minimum atomic E-state index is 0.0491. The Morgan fingerprint density at radius 1 is 1.35 bits per heavy atom. The van der Waals surface area contributed by atoms with Crippen LogP contribution in [-0.4, -0.2) is 49.6 Å². The number of rotatable bonds is 7. The second kappa shape index (κ2) is 10.2. The molecule has 2 N–H and O–H groups in total. The van der Waals surface area contributed by atoms with E-state index in [1.807, 2.05) is 37.8 Å². The van der Waals surface area contributed by atoms with Crippen molar-refractivity contribution in [3.8, 4) is 0 Å². The molecule has 1 fully saturated rings. The van der Waals surface area contributed by atoms with Crippen molar-refractivity contribution < 1.29 is 9.53 Å². The van der Waals surface area contributed by atoms with Crippen molar-refractivity contribution in [3.05, 3.63) is 35.4 Å². The van der Waals surface area contributed by atoms with Gasteiger partial charge in [0.25, 0.3) is 0 Å². The topological polar surface area (TPSA) is 66.0 Å². The largest absolute Gasteiger partial charge is 0.377 e. The molecule has 1 saturated heterocycles. The minimum Gasteiger partial charge on any atom is -0.377 e. The van der Waals surface area contributed by atoms with E-state index in [1.165, 1.54) is 11.1 Å². The zero-order valence-corrected chi connectivity index (χ0v) is 16.4. The summed E-state index contributed by atoms with van der Waals surface area (Å²) in [7, 11) is 1.77. The summed E-state index contributed by atoms with van der Waals surface area (Å²) in [4.78, 5) is 18.4. The summed E-state index contributed by atoms with van der Waals surface area (Å²) in [6.07, 6.45) is 0.945. The number of amides is 1. The standard InChI is InChI=1S/C20H32N4O2/c1-5-26-14-17-9-7-6-8-16(17)12-22-20(21-4)23-18-10-11-24(13-18)19(25)15(2)3/h6-9,15,18H,5,10-14H2,1-4H3,(H2,21,22,23). The Hall–Kier alpha value is -2.08. The molecule has 0 saturated carbocycles. The number of benzene rings is 1. The zero-order chi connectivity index (χ0) is 18.9. The van der Waals surface area contributed by atoms with Crippen molar-refractivity contribution >= 4 is 11.9 Å². The molecule has 0 aliphatic carbocycles. The molecule has 6 nitrogen and oxygen atoms in total. The Morgan fingerprint density at radius 2 is 2.08 bits per heavy atom. The first-order valence-corrected chi connectivity index (χ1v) is 9.45. The summed E-state index contributed by atoms with van der Waals surface area (Å²) in [5.41, 5.74) is 2.39. The fraction of sp³-hybridized carbons (Fsp3) is 0.600. The van der Waals surface area contributed by atoms with Crippen LogP contribution in [-0.2, 0) is 22.7 Å². The third kappa shape index (κ3) is 5.73. The Bertz CT molecular complexity index is 616. The van der Waals surface area contributed by atoms with Gasteiger partial charge in [0.05, 0.1) is 6.61 Å². The Balaban J connectivity index is 1.87. The van der Waals surface area contributed by atoms with E-state index in [9.17, 15) is 4.79 Å². The molecule has 1 aliphatic heterocycles. The highest BCUT2D eigenvalue weighted by Gasteiger charge is 2.27. The van der Waals surface area contributed by atoms with Crippen LogP contribution in [0.5, 0.6) is 0 Å². The summed E-state index contributed by atoms with van der Waals surface area (Å²) >= 11 is 0. The molecule has 1 aromatic rings. The number of likely N-dealkylation sites (tertiary alicyclic amines) is 1. The first-order chi connectivity index (χ1) is 12.5. The van der Waals surface area contributed by atoms with E-state index in [0.717, 1.165) is 25.5 Å². The Morgan fingerprint density at radius 3 is 2.73 bits per heavy atom. The highest BCUT2D eigenvalue weighted by atomic mass is 16.5. The molecule has 0 aromatic heterocycles. The molecule has 0 spiro atoms. The molecular formula is C20H32N4O2. The molecule has 26 heavy (non-hydrogen) atoms. The van der Waals surface area contributed by atoms with E-state index >= 15 is 0 Å². The average molecular weight is 361 g/mol. The fourth-order valence-corrected chi connectivity index (χ4v) is 3.09. The molecule has 1 unspecified atom stereocenters. The molecule has 1 aliphatic rings. The van der Waals surface area contributed by atoms with Gasteiger partial charge in [0.15, 0.2) is 5.96 Å². The first kappa shape index (κ1) is 20.2. The lowest BCUT2D eigenvalue weighted by atomic mass is 10.1. The average Bonchev–Trinajstić information content (AvgIpc) is 3.11. The van der Waals surface area contributed by atoms with Gasteiger partial charge in [0.1, 0.15) is 0 Å². The van der Waals surface area contributed by atoms with Crippen LogP contribution in [0.3, 0.4) is 0 Å². The van der Waals surface area contributed by atoms with E-state index in [1.54, 1.807) is 7.05 Å². The first-order valence-electron chi connectivity index (χ1n) is 9.45. The van der Waals surface area contributed by atoms with Gasteiger partial charge in [0.2, 0.25) is 5.91 Å². The SMILES string of the molecule is CCOCc1ccccc1CNC(=NC)NC1CCN(C(=O)C(C)C)C1. The van der Waals surface area contributed by atoms with Crippen LogP contribution in [0.4, 0.5) is 0 Å². The number of nitrogens with one attached hydrogen (secondary N) is 2. The second-order valence-corrected chi connectivity index (χ2v) is 6.90. The van der Waals surface area contributed by atoms with Crippen LogP contribution in [0.2, 0.25) is 0 Å². The lowest BCUT2D eigenvalue weighted by molar-refractivity contribution is -0.133. The van der Waals surface area contributed by atoms with Crippen molar-refractivity contribution in [2.24, 2.45) is 10.9 Å². The lowest BCUT2D eigenvalue weighted by Crippen LogP contribution is -2.45. The molecule has 1 atom stereocenters. The van der Waals surface area contributed by atoms with Gasteiger partial charge in [0, 0.05) is 45.2 Å². The number of guanidine groups is 1. The molecule has 0 radical (unpaired) electrons. The molecule has 144 valence electrons. The molecule has 2 rings (SSSR count). The van der Waals surface area contributed by atoms with Crippen molar-refractivity contribution in [3.63, 3.8) is 0 Å². The molecule has 0 bridgehead atoms. The van der Waals surface area contributed by atoms with Crippen molar-refractivity contribution in [1.29, 1.82) is 0 Å². The summed E-state index contributed by atoms with van der Waals surface area (Å²) in [6, 6.07) is 8.50. The van der Waals surface area contributed by atoms with Crippen LogP contribution < -0.4 is 10.6 Å². The third-order valence-electron chi connectivity index (χ3n) is 4.58. The van der Waals surface area contributed by atoms with Crippen LogP contribution in [0.15, 0.2) is 29.3 Å². The monoisotopic (exact) mass is 360 g/mol. The highest BCUT2D eigenvalue weighted by molar-refractivity contribution is 5.81. The van der Waals surface area contributed by atoms with Gasteiger partial charge in [-0.1, -0.05) is 38.1 Å². The quantitative estimate of drug-likeness (QED) is 0.578. The third-order valence-corrected chi connectivity index (χ3v) is 4.58. The smallest absolute Gasteiger partial charge is 0.225 e. The Labute approximate surface area is 157 Å². The van der Waals surface area contributed by atoms with Crippen LogP contribution >= 0.6 is 0 Å². The van der Waals surface area contributed by atoms with Gasteiger partial charge in [-0.05, 0) is 24.5 Å². The van der Waals surface area contributed by atoms with Crippen LogP contribution in [0.25, 0.3) is 0 Å². The van der Waals surface area contributed by atoms with Gasteiger partial charge in [-0.15, -0.1) is 0 Å². The van der Waals surface area contributed by atoms with Crippen LogP contribution in [0, 0.1) is 5.92 Å². The predicted octanol–water partition coefficient (Wildman–Crippen LogP) is 2.14. The van der Waals surface area contributed by atoms with E-state index in [2.05, 4.69) is 27.8 Å². The highest BCUT2D eigenvalue weighted by Crippen LogP contribution is 2.13. The van der Waals surface area contributed by atoms with Crippen molar-refractivity contribution in [2.45, 2.75) is 46.4 Å². The number of hydrogen-bond acceptors (Lipinski definition) is 3. The van der Waals surface area contributed by atoms with Crippen molar-refractivity contribution in [2.75, 3.05) is 26.7 Å².